The molecular weight excluding hydrogens is 230 g/mol. The lowest BCUT2D eigenvalue weighted by Gasteiger charge is -2.15. The molecule has 1 aromatic carbocycles. The number of hydrogen-bond donors (Lipinski definition) is 4. The maximum absolute atomic E-state index is 9.10. The van der Waals surface area contributed by atoms with Gasteiger partial charge in [-0.1, -0.05) is 24.2 Å². The average molecular weight is 251 g/mol. The maximum Gasteiger partial charge on any atom is 0.170 e. The number of aryl methyl sites for hydroxylation is 1. The quantitative estimate of drug-likeness (QED) is 0.262. The molecule has 1 aromatic rings. The van der Waals surface area contributed by atoms with Gasteiger partial charge < -0.3 is 21.4 Å². The van der Waals surface area contributed by atoms with Crippen LogP contribution in [0.1, 0.15) is 30.0 Å². The van der Waals surface area contributed by atoms with E-state index in [1.807, 2.05) is 32.0 Å². The molecule has 0 aliphatic heterocycles. The van der Waals surface area contributed by atoms with Crippen LogP contribution < -0.4 is 11.1 Å². The molecule has 18 heavy (non-hydrogen) atoms. The summed E-state index contributed by atoms with van der Waals surface area (Å²) in [7, 11) is 0. The normalized spacial score (nSPS) is 13.6. The smallest absolute Gasteiger partial charge is 0.170 e. The second-order valence-corrected chi connectivity index (χ2v) is 4.30. The van der Waals surface area contributed by atoms with Crippen LogP contribution in [0.5, 0.6) is 0 Å². The predicted octanol–water partition coefficient (Wildman–Crippen LogP) is 0.950. The summed E-state index contributed by atoms with van der Waals surface area (Å²) in [6, 6.07) is 5.76. The Labute approximate surface area is 107 Å². The molecule has 0 saturated heterocycles. The first kappa shape index (κ1) is 14.5. The summed E-state index contributed by atoms with van der Waals surface area (Å²) in [6.07, 6.45) is 0.887. The zero-order valence-corrected chi connectivity index (χ0v) is 10.8. The topological polar surface area (TPSA) is 90.9 Å². The van der Waals surface area contributed by atoms with Crippen LogP contribution in [-0.4, -0.2) is 28.8 Å². The highest BCUT2D eigenvalue weighted by Crippen LogP contribution is 2.11. The Balaban J connectivity index is 2.74. The molecule has 0 fully saturated rings. The van der Waals surface area contributed by atoms with E-state index in [4.69, 9.17) is 16.0 Å². The summed E-state index contributed by atoms with van der Waals surface area (Å²) >= 11 is 0. The molecule has 1 atom stereocenters. The molecule has 0 spiro atoms. The standard InChI is InChI=1S/C13H21N3O2/c1-3-12(8-17)15-7-11-5-4-10(6-9(11)2)13(14)16-18/h4-6,12,15,17-18H,3,7-8H2,1-2H3,(H2,14,16). The molecule has 0 bridgehead atoms. The Bertz CT molecular complexity index is 415. The van der Waals surface area contributed by atoms with E-state index in [2.05, 4.69) is 10.5 Å². The van der Waals surface area contributed by atoms with Gasteiger partial charge in [0.25, 0.3) is 0 Å². The number of nitrogens with zero attached hydrogens (tertiary/aromatic N) is 1. The molecule has 5 heteroatoms. The van der Waals surface area contributed by atoms with Crippen molar-refractivity contribution in [2.45, 2.75) is 32.9 Å². The molecule has 5 nitrogen and oxygen atoms in total. The van der Waals surface area contributed by atoms with Crippen LogP contribution >= 0.6 is 0 Å². The van der Waals surface area contributed by atoms with Gasteiger partial charge in [0, 0.05) is 18.2 Å². The first-order valence-electron chi connectivity index (χ1n) is 6.04. The molecule has 1 rings (SSSR count). The van der Waals surface area contributed by atoms with Gasteiger partial charge in [-0.05, 0) is 30.5 Å². The van der Waals surface area contributed by atoms with E-state index < -0.39 is 0 Å². The van der Waals surface area contributed by atoms with Crippen LogP contribution in [0.4, 0.5) is 0 Å². The fourth-order valence-electron chi connectivity index (χ4n) is 1.70. The van der Waals surface area contributed by atoms with Crippen molar-refractivity contribution in [2.24, 2.45) is 10.9 Å². The Morgan fingerprint density at radius 2 is 2.22 bits per heavy atom. The van der Waals surface area contributed by atoms with Crippen LogP contribution in [0.25, 0.3) is 0 Å². The first-order chi connectivity index (χ1) is 8.62. The summed E-state index contributed by atoms with van der Waals surface area (Å²) < 4.78 is 0. The summed E-state index contributed by atoms with van der Waals surface area (Å²) in [6.45, 7) is 4.84. The van der Waals surface area contributed by atoms with Gasteiger partial charge in [0.2, 0.25) is 0 Å². The highest BCUT2D eigenvalue weighted by atomic mass is 16.4. The van der Waals surface area contributed by atoms with Crippen molar-refractivity contribution in [1.82, 2.24) is 5.32 Å². The Morgan fingerprint density at radius 3 is 2.72 bits per heavy atom. The highest BCUT2D eigenvalue weighted by Gasteiger charge is 2.06. The van der Waals surface area contributed by atoms with Crippen molar-refractivity contribution in [3.8, 4) is 0 Å². The third-order valence-corrected chi connectivity index (χ3v) is 3.04. The second kappa shape index (κ2) is 6.98. The largest absolute Gasteiger partial charge is 0.409 e. The summed E-state index contributed by atoms with van der Waals surface area (Å²) in [5.74, 6) is 0.111. The van der Waals surface area contributed by atoms with Gasteiger partial charge in [-0.2, -0.15) is 0 Å². The number of benzene rings is 1. The lowest BCUT2D eigenvalue weighted by molar-refractivity contribution is 0.238. The monoisotopic (exact) mass is 251 g/mol. The van der Waals surface area contributed by atoms with Crippen molar-refractivity contribution in [2.75, 3.05) is 6.61 Å². The fourth-order valence-corrected chi connectivity index (χ4v) is 1.70. The second-order valence-electron chi connectivity index (χ2n) is 4.30. The van der Waals surface area contributed by atoms with E-state index in [1.54, 1.807) is 0 Å². The van der Waals surface area contributed by atoms with Crippen molar-refractivity contribution in [3.63, 3.8) is 0 Å². The van der Waals surface area contributed by atoms with Crippen LogP contribution in [0, 0.1) is 6.92 Å². The maximum atomic E-state index is 9.10. The number of nitrogens with two attached hydrogens (primary N) is 1. The minimum Gasteiger partial charge on any atom is -0.409 e. The number of hydrogen-bond acceptors (Lipinski definition) is 4. The number of aliphatic hydroxyl groups excluding tert-OH is 1. The Morgan fingerprint density at radius 1 is 1.50 bits per heavy atom. The van der Waals surface area contributed by atoms with E-state index in [0.29, 0.717) is 12.1 Å². The number of amidine groups is 1. The van der Waals surface area contributed by atoms with Crippen LogP contribution in [0.15, 0.2) is 23.4 Å². The van der Waals surface area contributed by atoms with Gasteiger partial charge in [-0.3, -0.25) is 0 Å². The minimum absolute atomic E-state index is 0.111. The zero-order chi connectivity index (χ0) is 13.5. The van der Waals surface area contributed by atoms with Gasteiger partial charge in [-0.15, -0.1) is 0 Å². The van der Waals surface area contributed by atoms with Gasteiger partial charge in [0.15, 0.2) is 5.84 Å². The third kappa shape index (κ3) is 3.72. The fraction of sp³-hybridized carbons (Fsp3) is 0.462. The van der Waals surface area contributed by atoms with Crippen molar-refractivity contribution < 1.29 is 10.3 Å². The van der Waals surface area contributed by atoms with Crippen LogP contribution in [0.3, 0.4) is 0 Å². The van der Waals surface area contributed by atoms with E-state index in [1.165, 1.54) is 0 Å². The van der Waals surface area contributed by atoms with E-state index in [-0.39, 0.29) is 18.5 Å². The molecule has 0 aromatic heterocycles. The van der Waals surface area contributed by atoms with Gasteiger partial charge >= 0.3 is 0 Å². The Kier molecular flexibility index (Phi) is 5.61. The Hall–Kier alpha value is -1.59. The van der Waals surface area contributed by atoms with Gasteiger partial charge in [0.1, 0.15) is 0 Å². The van der Waals surface area contributed by atoms with Crippen LogP contribution in [-0.2, 0) is 6.54 Å². The first-order valence-corrected chi connectivity index (χ1v) is 6.04. The molecule has 0 radical (unpaired) electrons. The van der Waals surface area contributed by atoms with Gasteiger partial charge in [0.05, 0.1) is 6.61 Å². The molecule has 100 valence electrons. The molecule has 0 amide bonds. The van der Waals surface area contributed by atoms with Crippen molar-refractivity contribution in [3.05, 3.63) is 34.9 Å². The van der Waals surface area contributed by atoms with Crippen molar-refractivity contribution in [1.29, 1.82) is 0 Å². The number of nitrogens with one attached hydrogen (secondary N) is 1. The molecule has 0 aliphatic rings. The molecular formula is C13H21N3O2. The van der Waals surface area contributed by atoms with Gasteiger partial charge in [-0.25, -0.2) is 0 Å². The third-order valence-electron chi connectivity index (χ3n) is 3.04. The number of aliphatic hydroxyl groups is 1. The SMILES string of the molecule is CCC(CO)NCc1ccc(/C(N)=N/O)cc1C. The summed E-state index contributed by atoms with van der Waals surface area (Å²) in [5.41, 5.74) is 8.44. The lowest BCUT2D eigenvalue weighted by Crippen LogP contribution is -2.31. The molecule has 0 heterocycles. The van der Waals surface area contributed by atoms with E-state index in [9.17, 15) is 0 Å². The highest BCUT2D eigenvalue weighted by molar-refractivity contribution is 5.97. The predicted molar refractivity (Wildman–Crippen MR) is 71.7 cm³/mol. The average Bonchev–Trinajstić information content (AvgIpc) is 2.40. The van der Waals surface area contributed by atoms with Crippen molar-refractivity contribution >= 4 is 5.84 Å². The summed E-state index contributed by atoms with van der Waals surface area (Å²) in [4.78, 5) is 0. The van der Waals surface area contributed by atoms with E-state index in [0.717, 1.165) is 17.5 Å². The molecule has 0 aliphatic carbocycles. The zero-order valence-electron chi connectivity index (χ0n) is 10.8. The molecule has 5 N–H and O–H groups in total. The van der Waals surface area contributed by atoms with Crippen LogP contribution in [0.2, 0.25) is 0 Å². The summed E-state index contributed by atoms with van der Waals surface area (Å²) in [5, 5.41) is 24.0. The number of rotatable bonds is 6. The lowest BCUT2D eigenvalue weighted by atomic mass is 10.0. The molecule has 0 saturated carbocycles. The molecule has 1 unspecified atom stereocenters. The number of oxime groups is 1. The minimum atomic E-state index is 0.111. The van der Waals surface area contributed by atoms with E-state index >= 15 is 0 Å².